The third-order valence-corrected chi connectivity index (χ3v) is 4.45. The third kappa shape index (κ3) is 2.10. The van der Waals surface area contributed by atoms with Crippen LogP contribution in [-0.2, 0) is 13.0 Å². The van der Waals surface area contributed by atoms with Crippen LogP contribution in [0, 0.1) is 6.92 Å². The summed E-state index contributed by atoms with van der Waals surface area (Å²) >= 11 is 1.40. The molecule has 19 heavy (non-hydrogen) atoms. The summed E-state index contributed by atoms with van der Waals surface area (Å²) in [5.41, 5.74) is 11.6. The van der Waals surface area contributed by atoms with Crippen LogP contribution in [0.15, 0.2) is 23.7 Å². The number of carbonyl (C=O) groups is 1. The Bertz CT molecular complexity index is 635. The number of fused-ring (bicyclic) bond motifs is 1. The molecule has 1 aliphatic heterocycles. The Hall–Kier alpha value is -1.88. The number of nitrogens with zero attached hydrogens (tertiary/aromatic N) is 2. The molecule has 98 valence electrons. The summed E-state index contributed by atoms with van der Waals surface area (Å²) in [5.74, 6) is 0.0638. The van der Waals surface area contributed by atoms with Crippen molar-refractivity contribution in [1.29, 1.82) is 0 Å². The quantitative estimate of drug-likeness (QED) is 0.811. The van der Waals surface area contributed by atoms with Gasteiger partial charge in [0.1, 0.15) is 4.88 Å². The van der Waals surface area contributed by atoms with Crippen LogP contribution in [0.1, 0.15) is 26.5 Å². The van der Waals surface area contributed by atoms with E-state index in [-0.39, 0.29) is 5.91 Å². The maximum Gasteiger partial charge on any atom is 0.266 e. The summed E-state index contributed by atoms with van der Waals surface area (Å²) in [6, 6.07) is 5.95. The molecule has 5 heteroatoms. The molecule has 0 bridgehead atoms. The summed E-state index contributed by atoms with van der Waals surface area (Å²) in [6.07, 6.45) is 0.865. The van der Waals surface area contributed by atoms with Crippen molar-refractivity contribution in [3.8, 4) is 0 Å². The lowest BCUT2D eigenvalue weighted by Gasteiger charge is -2.29. The normalized spacial score (nSPS) is 14.3. The van der Waals surface area contributed by atoms with E-state index in [1.165, 1.54) is 16.9 Å². The van der Waals surface area contributed by atoms with E-state index in [1.54, 1.807) is 5.51 Å². The summed E-state index contributed by atoms with van der Waals surface area (Å²) in [5, 5.41) is 0. The molecule has 4 nitrogen and oxygen atoms in total. The third-order valence-electron chi connectivity index (χ3n) is 3.54. The van der Waals surface area contributed by atoms with Crippen molar-refractivity contribution in [1.82, 2.24) is 9.88 Å². The number of nitrogens with two attached hydrogens (primary N) is 1. The van der Waals surface area contributed by atoms with Crippen LogP contribution in [0.25, 0.3) is 0 Å². The highest BCUT2D eigenvalue weighted by atomic mass is 32.1. The van der Waals surface area contributed by atoms with Crippen LogP contribution in [0.4, 0.5) is 5.69 Å². The Morgan fingerprint density at radius 2 is 2.32 bits per heavy atom. The van der Waals surface area contributed by atoms with Crippen molar-refractivity contribution in [2.45, 2.75) is 19.9 Å². The molecular weight excluding hydrogens is 258 g/mol. The fraction of sp³-hybridized carbons (Fsp3) is 0.286. The van der Waals surface area contributed by atoms with E-state index in [2.05, 4.69) is 11.1 Å². The lowest BCUT2D eigenvalue weighted by atomic mass is 9.98. The van der Waals surface area contributed by atoms with E-state index in [1.807, 2.05) is 24.0 Å². The van der Waals surface area contributed by atoms with E-state index in [0.29, 0.717) is 6.54 Å². The fourth-order valence-corrected chi connectivity index (χ4v) is 3.20. The maximum atomic E-state index is 12.5. The molecule has 0 spiro atoms. The van der Waals surface area contributed by atoms with Gasteiger partial charge in [-0.25, -0.2) is 4.98 Å². The molecule has 0 aliphatic carbocycles. The number of hydrogen-bond acceptors (Lipinski definition) is 4. The monoisotopic (exact) mass is 273 g/mol. The van der Waals surface area contributed by atoms with Gasteiger partial charge in [-0.1, -0.05) is 12.1 Å². The second-order valence-electron chi connectivity index (χ2n) is 4.73. The number of aryl methyl sites for hydroxylation is 1. The van der Waals surface area contributed by atoms with Crippen molar-refractivity contribution >= 4 is 22.9 Å². The molecule has 0 fully saturated rings. The first kappa shape index (κ1) is 12.2. The highest BCUT2D eigenvalue weighted by Gasteiger charge is 2.24. The topological polar surface area (TPSA) is 59.2 Å². The van der Waals surface area contributed by atoms with Crippen LogP contribution in [-0.4, -0.2) is 22.3 Å². The SMILES string of the molecule is Cc1ncsc1C(=O)N1CCc2cccc(N)c2C1. The lowest BCUT2D eigenvalue weighted by molar-refractivity contribution is 0.0739. The zero-order valence-corrected chi connectivity index (χ0v) is 11.5. The minimum absolute atomic E-state index is 0.0638. The first-order valence-electron chi connectivity index (χ1n) is 6.22. The molecule has 1 amide bonds. The molecule has 1 aromatic heterocycles. The molecule has 1 aliphatic rings. The van der Waals surface area contributed by atoms with Crippen LogP contribution < -0.4 is 5.73 Å². The van der Waals surface area contributed by atoms with Gasteiger partial charge in [-0.05, 0) is 30.5 Å². The summed E-state index contributed by atoms with van der Waals surface area (Å²) in [4.78, 5) is 19.2. The van der Waals surface area contributed by atoms with E-state index < -0.39 is 0 Å². The number of aromatic nitrogens is 1. The predicted molar refractivity (Wildman–Crippen MR) is 76.1 cm³/mol. The van der Waals surface area contributed by atoms with Crippen LogP contribution in [0.3, 0.4) is 0 Å². The highest BCUT2D eigenvalue weighted by molar-refractivity contribution is 7.11. The molecule has 2 heterocycles. The van der Waals surface area contributed by atoms with Crippen molar-refractivity contribution in [3.05, 3.63) is 45.4 Å². The molecule has 0 unspecified atom stereocenters. The standard InChI is InChI=1S/C14H15N3OS/c1-9-13(19-8-16-9)14(18)17-6-5-10-3-2-4-12(15)11(10)7-17/h2-4,8H,5-7,15H2,1H3. The lowest BCUT2D eigenvalue weighted by Crippen LogP contribution is -2.36. The molecular formula is C14H15N3OS. The number of carbonyl (C=O) groups excluding carboxylic acids is 1. The van der Waals surface area contributed by atoms with Gasteiger partial charge in [0.05, 0.1) is 11.2 Å². The minimum atomic E-state index is 0.0638. The second-order valence-corrected chi connectivity index (χ2v) is 5.58. The number of hydrogen-bond donors (Lipinski definition) is 1. The van der Waals surface area contributed by atoms with Crippen LogP contribution >= 0.6 is 11.3 Å². The average molecular weight is 273 g/mol. The number of rotatable bonds is 1. The molecule has 0 saturated carbocycles. The number of amides is 1. The van der Waals surface area contributed by atoms with Gasteiger partial charge in [0.2, 0.25) is 0 Å². The van der Waals surface area contributed by atoms with Gasteiger partial charge in [0.15, 0.2) is 0 Å². The zero-order chi connectivity index (χ0) is 13.4. The molecule has 3 rings (SSSR count). The van der Waals surface area contributed by atoms with E-state index >= 15 is 0 Å². The van der Waals surface area contributed by atoms with Crippen LogP contribution in [0.2, 0.25) is 0 Å². The van der Waals surface area contributed by atoms with Gasteiger partial charge in [0.25, 0.3) is 5.91 Å². The van der Waals surface area contributed by atoms with Gasteiger partial charge in [-0.2, -0.15) is 0 Å². The van der Waals surface area contributed by atoms with E-state index in [4.69, 9.17) is 5.73 Å². The van der Waals surface area contributed by atoms with Crippen molar-refractivity contribution in [2.24, 2.45) is 0 Å². The molecule has 1 aromatic carbocycles. The molecule has 0 atom stereocenters. The first-order chi connectivity index (χ1) is 9.16. The highest BCUT2D eigenvalue weighted by Crippen LogP contribution is 2.26. The Labute approximate surface area is 115 Å². The molecule has 0 saturated heterocycles. The largest absolute Gasteiger partial charge is 0.398 e. The van der Waals surface area contributed by atoms with E-state index in [0.717, 1.165) is 34.8 Å². The number of nitrogen functional groups attached to an aromatic ring is 1. The van der Waals surface area contributed by atoms with Gasteiger partial charge in [-0.15, -0.1) is 11.3 Å². The number of benzene rings is 1. The van der Waals surface area contributed by atoms with Gasteiger partial charge < -0.3 is 10.6 Å². The Morgan fingerprint density at radius 3 is 3.05 bits per heavy atom. The van der Waals surface area contributed by atoms with Crippen molar-refractivity contribution in [3.63, 3.8) is 0 Å². The van der Waals surface area contributed by atoms with Gasteiger partial charge in [0, 0.05) is 18.8 Å². The second kappa shape index (κ2) is 4.66. The fourth-order valence-electron chi connectivity index (χ4n) is 2.43. The van der Waals surface area contributed by atoms with Crippen LogP contribution in [0.5, 0.6) is 0 Å². The number of anilines is 1. The predicted octanol–water partition coefficient (Wildman–Crippen LogP) is 2.23. The molecule has 2 N–H and O–H groups in total. The van der Waals surface area contributed by atoms with Gasteiger partial charge >= 0.3 is 0 Å². The summed E-state index contributed by atoms with van der Waals surface area (Å²) in [6.45, 7) is 3.21. The summed E-state index contributed by atoms with van der Waals surface area (Å²) < 4.78 is 0. The Morgan fingerprint density at radius 1 is 1.47 bits per heavy atom. The zero-order valence-electron chi connectivity index (χ0n) is 10.7. The molecule has 0 radical (unpaired) electrons. The van der Waals surface area contributed by atoms with Crippen molar-refractivity contribution < 1.29 is 4.79 Å². The average Bonchev–Trinajstić information content (AvgIpc) is 2.84. The van der Waals surface area contributed by atoms with Gasteiger partial charge in [-0.3, -0.25) is 4.79 Å². The Balaban J connectivity index is 1.88. The maximum absolute atomic E-state index is 12.5. The number of thiazole rings is 1. The first-order valence-corrected chi connectivity index (χ1v) is 7.10. The summed E-state index contributed by atoms with van der Waals surface area (Å²) in [7, 11) is 0. The Kier molecular flexibility index (Phi) is 2.98. The molecule has 2 aromatic rings. The van der Waals surface area contributed by atoms with E-state index in [9.17, 15) is 4.79 Å². The smallest absolute Gasteiger partial charge is 0.266 e. The van der Waals surface area contributed by atoms with Crippen molar-refractivity contribution in [2.75, 3.05) is 12.3 Å². The minimum Gasteiger partial charge on any atom is -0.398 e.